The number of aliphatic carboxylic acids is 1. The Bertz CT molecular complexity index is 614. The van der Waals surface area contributed by atoms with Crippen LogP contribution in [0.5, 0.6) is 0 Å². The Morgan fingerprint density at radius 1 is 1.38 bits per heavy atom. The summed E-state index contributed by atoms with van der Waals surface area (Å²) in [5.74, 6) is -0.839. The topological polar surface area (TPSA) is 74.7 Å². The maximum absolute atomic E-state index is 12.6. The van der Waals surface area contributed by atoms with Crippen LogP contribution in [0.15, 0.2) is 29.2 Å². The van der Waals surface area contributed by atoms with Crippen molar-refractivity contribution in [2.24, 2.45) is 5.92 Å². The molecule has 2 rings (SSSR count). The Labute approximate surface area is 129 Å². The minimum atomic E-state index is -3.81. The smallest absolute Gasteiger partial charge is 0.322 e. The molecule has 21 heavy (non-hydrogen) atoms. The van der Waals surface area contributed by atoms with E-state index in [0.717, 1.165) is 10.7 Å². The first-order valence-corrected chi connectivity index (χ1v) is 8.68. The van der Waals surface area contributed by atoms with Gasteiger partial charge in [0.25, 0.3) is 0 Å². The Kier molecular flexibility index (Phi) is 4.91. The van der Waals surface area contributed by atoms with Crippen LogP contribution in [0.1, 0.15) is 26.2 Å². The molecular weight excluding hydrogens is 314 g/mol. The molecule has 7 heteroatoms. The lowest BCUT2D eigenvalue weighted by Crippen LogP contribution is -2.49. The standard InChI is InChI=1S/C14H18ClNO4S/c1-2-10-7-8-16(13(9-10)14(17)18)21(19,20)12-5-3-11(15)4-6-12/h3-6,10,13H,2,7-9H2,1H3,(H,17,18). The number of piperidine rings is 1. The summed E-state index contributed by atoms with van der Waals surface area (Å²) in [7, 11) is -3.81. The molecular formula is C14H18ClNO4S. The van der Waals surface area contributed by atoms with Crippen molar-refractivity contribution in [1.82, 2.24) is 4.31 Å². The first-order valence-electron chi connectivity index (χ1n) is 6.86. The van der Waals surface area contributed by atoms with Crippen LogP contribution < -0.4 is 0 Å². The van der Waals surface area contributed by atoms with Gasteiger partial charge in [-0.15, -0.1) is 0 Å². The van der Waals surface area contributed by atoms with Crippen molar-refractivity contribution in [3.05, 3.63) is 29.3 Å². The predicted octanol–water partition coefficient (Wildman–Crippen LogP) is 2.60. The molecule has 116 valence electrons. The summed E-state index contributed by atoms with van der Waals surface area (Å²) < 4.78 is 26.4. The zero-order valence-corrected chi connectivity index (χ0v) is 13.3. The lowest BCUT2D eigenvalue weighted by molar-refractivity contribution is -0.143. The first-order chi connectivity index (χ1) is 9.86. The molecule has 2 unspecified atom stereocenters. The third-order valence-electron chi connectivity index (χ3n) is 3.94. The molecule has 0 amide bonds. The summed E-state index contributed by atoms with van der Waals surface area (Å²) in [6.45, 7) is 2.23. The molecule has 0 radical (unpaired) electrons. The maximum Gasteiger partial charge on any atom is 0.322 e. The number of carboxylic acid groups (broad SMARTS) is 1. The molecule has 0 saturated carbocycles. The average Bonchev–Trinajstić information content (AvgIpc) is 2.47. The van der Waals surface area contributed by atoms with E-state index < -0.39 is 22.0 Å². The zero-order valence-electron chi connectivity index (χ0n) is 11.7. The highest BCUT2D eigenvalue weighted by molar-refractivity contribution is 7.89. The van der Waals surface area contributed by atoms with Crippen LogP contribution in [0.4, 0.5) is 0 Å². The summed E-state index contributed by atoms with van der Waals surface area (Å²) in [5, 5.41) is 9.79. The Balaban J connectivity index is 2.33. The zero-order chi connectivity index (χ0) is 15.6. The molecule has 1 saturated heterocycles. The molecule has 1 aromatic carbocycles. The fourth-order valence-electron chi connectivity index (χ4n) is 2.64. The van der Waals surface area contributed by atoms with Crippen LogP contribution >= 0.6 is 11.6 Å². The molecule has 1 aromatic rings. The van der Waals surface area contributed by atoms with Crippen LogP contribution in [-0.2, 0) is 14.8 Å². The second-order valence-electron chi connectivity index (χ2n) is 5.22. The van der Waals surface area contributed by atoms with Gasteiger partial charge in [-0.1, -0.05) is 24.9 Å². The van der Waals surface area contributed by atoms with Crippen molar-refractivity contribution in [3.63, 3.8) is 0 Å². The molecule has 2 atom stereocenters. The van der Waals surface area contributed by atoms with Gasteiger partial charge < -0.3 is 5.11 Å². The Morgan fingerprint density at radius 2 is 2.00 bits per heavy atom. The highest BCUT2D eigenvalue weighted by Gasteiger charge is 2.40. The van der Waals surface area contributed by atoms with Gasteiger partial charge in [-0.2, -0.15) is 4.31 Å². The fourth-order valence-corrected chi connectivity index (χ4v) is 4.38. The first kappa shape index (κ1) is 16.3. The van der Waals surface area contributed by atoms with Crippen LogP contribution in [0, 0.1) is 5.92 Å². The van der Waals surface area contributed by atoms with Crippen LogP contribution in [0.25, 0.3) is 0 Å². The van der Waals surface area contributed by atoms with E-state index in [1.165, 1.54) is 24.3 Å². The maximum atomic E-state index is 12.6. The van der Waals surface area contributed by atoms with E-state index in [1.54, 1.807) is 0 Å². The molecule has 1 N–H and O–H groups in total. The van der Waals surface area contributed by atoms with E-state index in [2.05, 4.69) is 0 Å². The van der Waals surface area contributed by atoms with E-state index in [4.69, 9.17) is 11.6 Å². The number of rotatable bonds is 4. The van der Waals surface area contributed by atoms with Gasteiger partial charge in [0, 0.05) is 11.6 Å². The van der Waals surface area contributed by atoms with Gasteiger partial charge >= 0.3 is 5.97 Å². The minimum Gasteiger partial charge on any atom is -0.480 e. The van der Waals surface area contributed by atoms with Crippen LogP contribution in [0.3, 0.4) is 0 Å². The molecule has 5 nitrogen and oxygen atoms in total. The number of carbonyl (C=O) groups is 1. The quantitative estimate of drug-likeness (QED) is 0.920. The largest absolute Gasteiger partial charge is 0.480 e. The molecule has 0 aromatic heterocycles. The summed E-state index contributed by atoms with van der Waals surface area (Å²) >= 11 is 5.76. The number of hydrogen-bond donors (Lipinski definition) is 1. The number of carboxylic acids is 1. The van der Waals surface area contributed by atoms with Crippen LogP contribution in [-0.4, -0.2) is 36.4 Å². The molecule has 0 bridgehead atoms. The summed E-state index contributed by atoms with van der Waals surface area (Å²) in [5.41, 5.74) is 0. The van der Waals surface area contributed by atoms with Gasteiger partial charge in [0.1, 0.15) is 6.04 Å². The molecule has 0 spiro atoms. The normalized spacial score (nSPS) is 23.9. The number of sulfonamides is 1. The Morgan fingerprint density at radius 3 is 2.52 bits per heavy atom. The third-order valence-corrected chi connectivity index (χ3v) is 6.12. The summed E-state index contributed by atoms with van der Waals surface area (Å²) in [6, 6.07) is 4.79. The lowest BCUT2D eigenvalue weighted by Gasteiger charge is -2.35. The monoisotopic (exact) mass is 331 g/mol. The number of nitrogens with zero attached hydrogens (tertiary/aromatic N) is 1. The number of benzene rings is 1. The molecule has 1 heterocycles. The van der Waals surface area contributed by atoms with Crippen LogP contribution in [0.2, 0.25) is 5.02 Å². The number of halogens is 1. The average molecular weight is 332 g/mol. The van der Waals surface area contributed by atoms with Crippen molar-refractivity contribution < 1.29 is 18.3 Å². The highest BCUT2D eigenvalue weighted by atomic mass is 35.5. The SMILES string of the molecule is CCC1CCN(S(=O)(=O)c2ccc(Cl)cc2)C(C(=O)O)C1. The molecule has 1 aliphatic heterocycles. The van der Waals surface area contributed by atoms with E-state index in [-0.39, 0.29) is 17.4 Å². The second kappa shape index (κ2) is 6.34. The highest BCUT2D eigenvalue weighted by Crippen LogP contribution is 2.30. The van der Waals surface area contributed by atoms with E-state index in [0.29, 0.717) is 17.9 Å². The lowest BCUT2D eigenvalue weighted by atomic mass is 9.90. The van der Waals surface area contributed by atoms with Crippen molar-refractivity contribution >= 4 is 27.6 Å². The van der Waals surface area contributed by atoms with Gasteiger partial charge in [0.2, 0.25) is 10.0 Å². The molecule has 1 aliphatic rings. The summed E-state index contributed by atoms with van der Waals surface area (Å²) in [4.78, 5) is 11.5. The van der Waals surface area contributed by atoms with E-state index >= 15 is 0 Å². The fraction of sp³-hybridized carbons (Fsp3) is 0.500. The molecule has 1 fully saturated rings. The second-order valence-corrected chi connectivity index (χ2v) is 7.55. The van der Waals surface area contributed by atoms with Gasteiger partial charge in [0.15, 0.2) is 0 Å². The van der Waals surface area contributed by atoms with Gasteiger partial charge in [-0.05, 0) is 43.0 Å². The third kappa shape index (κ3) is 3.39. The van der Waals surface area contributed by atoms with Crippen molar-refractivity contribution in [3.8, 4) is 0 Å². The van der Waals surface area contributed by atoms with E-state index in [1.807, 2.05) is 6.92 Å². The predicted molar refractivity (Wildman–Crippen MR) is 79.8 cm³/mol. The van der Waals surface area contributed by atoms with Gasteiger partial charge in [-0.25, -0.2) is 8.42 Å². The Hall–Kier alpha value is -1.11. The van der Waals surface area contributed by atoms with Gasteiger partial charge in [-0.3, -0.25) is 4.79 Å². The van der Waals surface area contributed by atoms with Crippen molar-refractivity contribution in [2.75, 3.05) is 6.54 Å². The minimum absolute atomic E-state index is 0.0769. The van der Waals surface area contributed by atoms with Crippen molar-refractivity contribution in [1.29, 1.82) is 0 Å². The van der Waals surface area contributed by atoms with Crippen molar-refractivity contribution in [2.45, 2.75) is 37.1 Å². The number of hydrogen-bond acceptors (Lipinski definition) is 3. The van der Waals surface area contributed by atoms with E-state index in [9.17, 15) is 18.3 Å². The summed E-state index contributed by atoms with van der Waals surface area (Å²) in [6.07, 6.45) is 1.91. The van der Waals surface area contributed by atoms with Gasteiger partial charge in [0.05, 0.1) is 4.90 Å². The molecule has 0 aliphatic carbocycles.